The molecule has 0 saturated heterocycles. The van der Waals surface area contributed by atoms with E-state index in [-0.39, 0.29) is 25.0 Å². The standard InChI is InChI=1S/C21H40O10/c1-19(22)30-18-17-29-16-15-28-14-13-27-12-11-26-10-9-25-8-7-24-6-5-20(23)31-21(2,3)4/h5-18H2,1-4H3. The van der Waals surface area contributed by atoms with Gasteiger partial charge in [-0.3, -0.25) is 9.59 Å². The first-order valence-corrected chi connectivity index (χ1v) is 10.6. The molecule has 0 N–H and O–H groups in total. The van der Waals surface area contributed by atoms with E-state index < -0.39 is 5.60 Å². The first-order valence-electron chi connectivity index (χ1n) is 10.6. The van der Waals surface area contributed by atoms with Crippen molar-refractivity contribution in [1.82, 2.24) is 0 Å². The molecule has 0 amide bonds. The van der Waals surface area contributed by atoms with Gasteiger partial charge in [0.25, 0.3) is 0 Å². The van der Waals surface area contributed by atoms with Gasteiger partial charge in [0.15, 0.2) is 0 Å². The Hall–Kier alpha value is -1.30. The predicted molar refractivity (Wildman–Crippen MR) is 112 cm³/mol. The van der Waals surface area contributed by atoms with E-state index in [0.29, 0.717) is 79.3 Å². The number of esters is 2. The zero-order chi connectivity index (χ0) is 23.2. The van der Waals surface area contributed by atoms with Crippen molar-refractivity contribution in [3.8, 4) is 0 Å². The van der Waals surface area contributed by atoms with Gasteiger partial charge in [-0.1, -0.05) is 0 Å². The Labute approximate surface area is 185 Å². The largest absolute Gasteiger partial charge is 0.463 e. The van der Waals surface area contributed by atoms with Crippen LogP contribution in [0.1, 0.15) is 34.1 Å². The fraction of sp³-hybridized carbons (Fsp3) is 0.905. The van der Waals surface area contributed by atoms with Crippen LogP contribution in [0.2, 0.25) is 0 Å². The lowest BCUT2D eigenvalue weighted by Gasteiger charge is -2.19. The van der Waals surface area contributed by atoms with Crippen molar-refractivity contribution >= 4 is 11.9 Å². The average molecular weight is 453 g/mol. The van der Waals surface area contributed by atoms with E-state index >= 15 is 0 Å². The molecular weight excluding hydrogens is 412 g/mol. The summed E-state index contributed by atoms with van der Waals surface area (Å²) in [6.07, 6.45) is 0.233. The summed E-state index contributed by atoms with van der Waals surface area (Å²) in [6.45, 7) is 12.4. The minimum atomic E-state index is -0.469. The molecule has 0 aliphatic rings. The summed E-state index contributed by atoms with van der Waals surface area (Å²) in [6, 6.07) is 0. The second-order valence-corrected chi connectivity index (χ2v) is 7.35. The summed E-state index contributed by atoms with van der Waals surface area (Å²) >= 11 is 0. The Morgan fingerprint density at radius 1 is 0.548 bits per heavy atom. The van der Waals surface area contributed by atoms with Crippen molar-refractivity contribution in [2.45, 2.75) is 39.7 Å². The topological polar surface area (TPSA) is 108 Å². The monoisotopic (exact) mass is 452 g/mol. The van der Waals surface area contributed by atoms with E-state index in [2.05, 4.69) is 0 Å². The van der Waals surface area contributed by atoms with E-state index in [9.17, 15) is 9.59 Å². The summed E-state index contributed by atoms with van der Waals surface area (Å²) in [5.41, 5.74) is -0.469. The van der Waals surface area contributed by atoms with Crippen molar-refractivity contribution in [3.63, 3.8) is 0 Å². The molecule has 0 aliphatic heterocycles. The van der Waals surface area contributed by atoms with Crippen molar-refractivity contribution in [2.24, 2.45) is 0 Å². The summed E-state index contributed by atoms with van der Waals surface area (Å²) < 4.78 is 42.0. The highest BCUT2D eigenvalue weighted by atomic mass is 16.6. The minimum Gasteiger partial charge on any atom is -0.463 e. The molecule has 0 saturated carbocycles. The Kier molecular flexibility index (Phi) is 19.7. The van der Waals surface area contributed by atoms with Crippen molar-refractivity contribution < 1.29 is 47.5 Å². The minimum absolute atomic E-state index is 0.233. The predicted octanol–water partition coefficient (Wildman–Crippen LogP) is 1.38. The molecule has 31 heavy (non-hydrogen) atoms. The Morgan fingerprint density at radius 2 is 0.871 bits per heavy atom. The molecule has 0 heterocycles. The van der Waals surface area contributed by atoms with Crippen LogP contribution in [-0.4, -0.2) is 103 Å². The molecule has 10 nitrogen and oxygen atoms in total. The summed E-state index contributed by atoms with van der Waals surface area (Å²) in [7, 11) is 0. The normalized spacial score (nSPS) is 11.5. The van der Waals surface area contributed by atoms with Crippen LogP contribution in [0.15, 0.2) is 0 Å². The van der Waals surface area contributed by atoms with E-state index in [1.54, 1.807) is 0 Å². The highest BCUT2D eigenvalue weighted by Gasteiger charge is 2.15. The van der Waals surface area contributed by atoms with Gasteiger partial charge in [-0.05, 0) is 20.8 Å². The molecule has 0 aromatic carbocycles. The Balaban J connectivity index is 3.13. The molecule has 10 heteroatoms. The maximum absolute atomic E-state index is 11.5. The maximum Gasteiger partial charge on any atom is 0.308 e. The number of ether oxygens (including phenoxy) is 8. The van der Waals surface area contributed by atoms with Gasteiger partial charge < -0.3 is 37.9 Å². The molecule has 0 aromatic heterocycles. The van der Waals surface area contributed by atoms with Crippen LogP contribution in [0.25, 0.3) is 0 Å². The number of carbonyl (C=O) groups excluding carboxylic acids is 2. The highest BCUT2D eigenvalue weighted by molar-refractivity contribution is 5.69. The lowest BCUT2D eigenvalue weighted by atomic mass is 10.2. The van der Waals surface area contributed by atoms with E-state index in [1.165, 1.54) is 6.92 Å². The van der Waals surface area contributed by atoms with Crippen LogP contribution in [-0.2, 0) is 47.5 Å². The Morgan fingerprint density at radius 3 is 1.19 bits per heavy atom. The summed E-state index contributed by atoms with van der Waals surface area (Å²) in [5, 5.41) is 0. The fourth-order valence-corrected chi connectivity index (χ4v) is 1.99. The van der Waals surface area contributed by atoms with Crippen molar-refractivity contribution in [3.05, 3.63) is 0 Å². The smallest absolute Gasteiger partial charge is 0.308 e. The number of carbonyl (C=O) groups is 2. The van der Waals surface area contributed by atoms with Crippen molar-refractivity contribution in [2.75, 3.05) is 85.9 Å². The lowest BCUT2D eigenvalue weighted by Crippen LogP contribution is -2.24. The molecule has 0 aliphatic carbocycles. The molecule has 0 spiro atoms. The number of hydrogen-bond donors (Lipinski definition) is 0. The molecule has 0 radical (unpaired) electrons. The molecule has 0 unspecified atom stereocenters. The maximum atomic E-state index is 11.5. The average Bonchev–Trinajstić information content (AvgIpc) is 2.67. The zero-order valence-electron chi connectivity index (χ0n) is 19.5. The molecule has 0 fully saturated rings. The first kappa shape index (κ1) is 29.7. The summed E-state index contributed by atoms with van der Waals surface area (Å²) in [4.78, 5) is 22.0. The summed E-state index contributed by atoms with van der Waals surface area (Å²) in [5.74, 6) is -0.579. The molecule has 184 valence electrons. The quantitative estimate of drug-likeness (QED) is 0.187. The zero-order valence-corrected chi connectivity index (χ0v) is 19.5. The van der Waals surface area contributed by atoms with Crippen molar-refractivity contribution in [1.29, 1.82) is 0 Å². The second-order valence-electron chi connectivity index (χ2n) is 7.35. The van der Waals surface area contributed by atoms with Crippen LogP contribution < -0.4 is 0 Å². The molecule has 0 bridgehead atoms. The van der Waals surface area contributed by atoms with E-state index in [1.807, 2.05) is 20.8 Å². The van der Waals surface area contributed by atoms with Gasteiger partial charge in [0.1, 0.15) is 12.2 Å². The lowest BCUT2D eigenvalue weighted by molar-refractivity contribution is -0.156. The van der Waals surface area contributed by atoms with Crippen LogP contribution in [0.5, 0.6) is 0 Å². The van der Waals surface area contributed by atoms with Gasteiger partial charge in [0.05, 0.1) is 85.7 Å². The molecule has 0 rings (SSSR count). The Bertz CT molecular complexity index is 436. The van der Waals surface area contributed by atoms with Crippen LogP contribution in [0.4, 0.5) is 0 Å². The van der Waals surface area contributed by atoms with E-state index in [4.69, 9.17) is 37.9 Å². The third-order valence-electron chi connectivity index (χ3n) is 3.26. The first-order chi connectivity index (χ1) is 14.8. The van der Waals surface area contributed by atoms with Crippen LogP contribution in [0.3, 0.4) is 0 Å². The van der Waals surface area contributed by atoms with Crippen LogP contribution in [0, 0.1) is 0 Å². The van der Waals surface area contributed by atoms with Gasteiger partial charge in [-0.25, -0.2) is 0 Å². The van der Waals surface area contributed by atoms with Crippen LogP contribution >= 0.6 is 0 Å². The molecule has 0 atom stereocenters. The number of rotatable bonds is 21. The van der Waals surface area contributed by atoms with Gasteiger partial charge in [-0.15, -0.1) is 0 Å². The third kappa shape index (κ3) is 26.7. The van der Waals surface area contributed by atoms with E-state index in [0.717, 1.165) is 0 Å². The SMILES string of the molecule is CC(=O)OCCOCCOCCOCCOCCOCCOCCC(=O)OC(C)(C)C. The van der Waals surface area contributed by atoms with Gasteiger partial charge in [-0.2, -0.15) is 0 Å². The molecular formula is C21H40O10. The fourth-order valence-electron chi connectivity index (χ4n) is 1.99. The van der Waals surface area contributed by atoms with Gasteiger partial charge in [0.2, 0.25) is 0 Å². The molecule has 0 aromatic rings. The second kappa shape index (κ2) is 20.6. The highest BCUT2D eigenvalue weighted by Crippen LogP contribution is 2.07. The number of hydrogen-bond acceptors (Lipinski definition) is 10. The third-order valence-corrected chi connectivity index (χ3v) is 3.26. The van der Waals surface area contributed by atoms with Gasteiger partial charge >= 0.3 is 11.9 Å². The van der Waals surface area contributed by atoms with Gasteiger partial charge in [0, 0.05) is 6.92 Å².